The fraction of sp³-hybridized carbons (Fsp3) is 0.636. The third-order valence-electron chi connectivity index (χ3n) is 2.66. The van der Waals surface area contributed by atoms with E-state index in [1.165, 1.54) is 24.1 Å². The van der Waals surface area contributed by atoms with Crippen LogP contribution in [-0.4, -0.2) is 53.3 Å². The molecule has 0 unspecified atom stereocenters. The molecule has 0 heterocycles. The van der Waals surface area contributed by atoms with Crippen molar-refractivity contribution in [1.82, 2.24) is 0 Å². The topological polar surface area (TPSA) is 74.6 Å². The molecule has 0 bridgehead atoms. The average Bonchev–Trinajstić information content (AvgIpc) is 2.26. The molecule has 0 saturated heterocycles. The molecule has 0 spiro atoms. The number of hydrogen-bond acceptors (Lipinski definition) is 2. The maximum atomic E-state index is 9.55. The van der Waals surface area contributed by atoms with Gasteiger partial charge in [0.15, 0.2) is 0 Å². The van der Waals surface area contributed by atoms with E-state index in [-0.39, 0.29) is 0 Å². The molecule has 0 aliphatic heterocycles. The number of carbonyl (C=O) groups is 2. The molecule has 5 nitrogen and oxygen atoms in total. The van der Waals surface area contributed by atoms with Crippen LogP contribution in [0.2, 0.25) is 0 Å². The molecule has 5 heteroatoms. The minimum atomic E-state index is -1.26. The van der Waals surface area contributed by atoms with Gasteiger partial charge in [0, 0.05) is 12.2 Å². The number of rotatable bonds is 5. The Bertz CT molecular complexity index is 220. The minimum absolute atomic E-state index is 0.558. The van der Waals surface area contributed by atoms with E-state index in [4.69, 9.17) is 10.2 Å². The molecule has 0 aromatic heterocycles. The van der Waals surface area contributed by atoms with Gasteiger partial charge in [-0.2, -0.15) is 0 Å². The van der Waals surface area contributed by atoms with E-state index >= 15 is 0 Å². The van der Waals surface area contributed by atoms with Crippen molar-refractivity contribution in [3.8, 4) is 0 Å². The number of hydrogen-bond donors (Lipinski definition) is 2. The van der Waals surface area contributed by atoms with Crippen LogP contribution in [0.5, 0.6) is 0 Å². The van der Waals surface area contributed by atoms with Crippen LogP contribution in [0.25, 0.3) is 0 Å². The monoisotopic (exact) mass is 232 g/mol. The van der Waals surface area contributed by atoms with E-state index in [1.54, 1.807) is 0 Å². The summed E-state index contributed by atoms with van der Waals surface area (Å²) in [6.07, 6.45) is 1.12. The quantitative estimate of drug-likeness (QED) is 0.552. The van der Waals surface area contributed by atoms with Crippen molar-refractivity contribution < 1.29 is 24.3 Å². The van der Waals surface area contributed by atoms with Gasteiger partial charge in [0.05, 0.1) is 26.7 Å². The first-order chi connectivity index (χ1) is 7.31. The predicted octanol–water partition coefficient (Wildman–Crippen LogP) is 1.20. The van der Waals surface area contributed by atoms with E-state index in [9.17, 15) is 9.59 Å². The largest absolute Gasteiger partial charge is 0.478 e. The summed E-state index contributed by atoms with van der Waals surface area (Å²) in [5.41, 5.74) is 0. The highest BCUT2D eigenvalue weighted by atomic mass is 16.4. The zero-order chi connectivity index (χ0) is 13.2. The van der Waals surface area contributed by atoms with Gasteiger partial charge in [-0.1, -0.05) is 0 Å². The van der Waals surface area contributed by atoms with Gasteiger partial charge in [-0.15, -0.1) is 0 Å². The SMILES string of the molecule is CC[N+](C)(CC)CC.O=C(O)/C=C\C(=O)O. The molecule has 0 rings (SSSR count). The molecule has 94 valence electrons. The first-order valence-electron chi connectivity index (χ1n) is 5.28. The Morgan fingerprint density at radius 3 is 1.25 bits per heavy atom. The molecule has 0 saturated carbocycles. The first kappa shape index (κ1) is 17.0. The van der Waals surface area contributed by atoms with Crippen LogP contribution in [0.3, 0.4) is 0 Å². The third kappa shape index (κ3) is 10.7. The molecule has 0 amide bonds. The fourth-order valence-corrected chi connectivity index (χ4v) is 0.813. The summed E-state index contributed by atoms with van der Waals surface area (Å²) < 4.78 is 1.21. The molecule has 0 radical (unpaired) electrons. The van der Waals surface area contributed by atoms with Crippen molar-refractivity contribution in [2.45, 2.75) is 20.8 Å². The van der Waals surface area contributed by atoms with E-state index in [0.717, 1.165) is 0 Å². The Labute approximate surface area is 96.6 Å². The number of carboxylic acid groups (broad SMARTS) is 2. The lowest BCUT2D eigenvalue weighted by Crippen LogP contribution is -2.42. The van der Waals surface area contributed by atoms with Gasteiger partial charge < -0.3 is 14.7 Å². The number of aliphatic carboxylic acids is 2. The van der Waals surface area contributed by atoms with Gasteiger partial charge >= 0.3 is 11.9 Å². The molecule has 2 N–H and O–H groups in total. The summed E-state index contributed by atoms with van der Waals surface area (Å²) in [7, 11) is 2.29. The third-order valence-corrected chi connectivity index (χ3v) is 2.66. The van der Waals surface area contributed by atoms with E-state index in [0.29, 0.717) is 12.2 Å². The predicted molar refractivity (Wildman–Crippen MR) is 62.2 cm³/mol. The smallest absolute Gasteiger partial charge is 0.328 e. The van der Waals surface area contributed by atoms with Crippen molar-refractivity contribution in [2.75, 3.05) is 26.7 Å². The highest BCUT2D eigenvalue weighted by Crippen LogP contribution is 1.97. The lowest BCUT2D eigenvalue weighted by atomic mass is 10.4. The van der Waals surface area contributed by atoms with Crippen LogP contribution >= 0.6 is 0 Å². The van der Waals surface area contributed by atoms with Gasteiger partial charge in [-0.25, -0.2) is 9.59 Å². The van der Waals surface area contributed by atoms with Gasteiger partial charge in [0.1, 0.15) is 0 Å². The van der Waals surface area contributed by atoms with E-state index in [1.807, 2.05) is 0 Å². The normalized spacial score (nSPS) is 10.8. The Morgan fingerprint density at radius 2 is 1.19 bits per heavy atom. The lowest BCUT2D eigenvalue weighted by molar-refractivity contribution is -0.904. The average molecular weight is 232 g/mol. The van der Waals surface area contributed by atoms with Crippen molar-refractivity contribution in [2.24, 2.45) is 0 Å². The summed E-state index contributed by atoms with van der Waals surface area (Å²) in [5.74, 6) is -2.51. The summed E-state index contributed by atoms with van der Waals surface area (Å²) in [6.45, 7) is 10.5. The zero-order valence-corrected chi connectivity index (χ0v) is 10.4. The van der Waals surface area contributed by atoms with Gasteiger partial charge in [0.25, 0.3) is 0 Å². The van der Waals surface area contributed by atoms with Crippen LogP contribution in [0.15, 0.2) is 12.2 Å². The number of quaternary nitrogens is 1. The van der Waals surface area contributed by atoms with Crippen molar-refractivity contribution >= 4 is 11.9 Å². The maximum absolute atomic E-state index is 9.55. The Morgan fingerprint density at radius 1 is 0.938 bits per heavy atom. The molecule has 0 aliphatic carbocycles. The molecular formula is C11H22NO4+. The van der Waals surface area contributed by atoms with Crippen LogP contribution < -0.4 is 0 Å². The van der Waals surface area contributed by atoms with Crippen molar-refractivity contribution in [3.63, 3.8) is 0 Å². The summed E-state index contributed by atoms with van der Waals surface area (Å²) in [6, 6.07) is 0. The van der Waals surface area contributed by atoms with Crippen LogP contribution in [0, 0.1) is 0 Å². The summed E-state index contributed by atoms with van der Waals surface area (Å²) in [5, 5.41) is 15.6. The van der Waals surface area contributed by atoms with Crippen LogP contribution in [0.1, 0.15) is 20.8 Å². The maximum Gasteiger partial charge on any atom is 0.328 e. The van der Waals surface area contributed by atoms with Gasteiger partial charge in [-0.3, -0.25) is 0 Å². The molecule has 0 aliphatic rings. The Balaban J connectivity index is 0. The summed E-state index contributed by atoms with van der Waals surface area (Å²) >= 11 is 0. The second-order valence-electron chi connectivity index (χ2n) is 3.58. The van der Waals surface area contributed by atoms with Crippen LogP contribution in [-0.2, 0) is 9.59 Å². The highest BCUT2D eigenvalue weighted by Gasteiger charge is 2.10. The minimum Gasteiger partial charge on any atom is -0.478 e. The van der Waals surface area contributed by atoms with E-state index < -0.39 is 11.9 Å². The highest BCUT2D eigenvalue weighted by molar-refractivity contribution is 5.89. The molecule has 0 aromatic carbocycles. The fourth-order valence-electron chi connectivity index (χ4n) is 0.813. The molecule has 0 atom stereocenters. The van der Waals surface area contributed by atoms with Gasteiger partial charge in [0.2, 0.25) is 0 Å². The van der Waals surface area contributed by atoms with Gasteiger partial charge in [-0.05, 0) is 20.8 Å². The van der Waals surface area contributed by atoms with Crippen molar-refractivity contribution in [1.29, 1.82) is 0 Å². The lowest BCUT2D eigenvalue weighted by Gasteiger charge is -2.30. The Kier molecular flexibility index (Phi) is 9.49. The number of carboxylic acids is 2. The second-order valence-corrected chi connectivity index (χ2v) is 3.58. The standard InChI is InChI=1S/C7H18N.C4H4O4/c1-5-8(4,6-2)7-3;5-3(6)1-2-4(7)8/h5-7H2,1-4H3;1-2H,(H,5,6)(H,7,8)/q+1;/b;2-1-. The van der Waals surface area contributed by atoms with Crippen LogP contribution in [0.4, 0.5) is 0 Å². The Hall–Kier alpha value is -1.36. The molecule has 16 heavy (non-hydrogen) atoms. The molecule has 0 fully saturated rings. The molecule has 0 aromatic rings. The first-order valence-corrected chi connectivity index (χ1v) is 5.28. The van der Waals surface area contributed by atoms with Crippen molar-refractivity contribution in [3.05, 3.63) is 12.2 Å². The summed E-state index contributed by atoms with van der Waals surface area (Å²) in [4.78, 5) is 19.1. The zero-order valence-electron chi connectivity index (χ0n) is 10.4. The van der Waals surface area contributed by atoms with E-state index in [2.05, 4.69) is 27.8 Å². The molecular weight excluding hydrogens is 210 g/mol. The number of nitrogens with zero attached hydrogens (tertiary/aromatic N) is 1. The second kappa shape index (κ2) is 8.91.